The van der Waals surface area contributed by atoms with E-state index in [1.54, 1.807) is 26.0 Å². The molecule has 0 saturated heterocycles. The third-order valence-corrected chi connectivity index (χ3v) is 3.25. The highest BCUT2D eigenvalue weighted by atomic mass is 16.6. The van der Waals surface area contributed by atoms with Crippen LogP contribution in [0.1, 0.15) is 26.3 Å². The molecule has 1 rings (SSSR count). The molecule has 0 unspecified atom stereocenters. The van der Waals surface area contributed by atoms with Crippen LogP contribution in [0.2, 0.25) is 0 Å². The van der Waals surface area contributed by atoms with Gasteiger partial charge in [-0.15, -0.1) is 0 Å². The Morgan fingerprint density at radius 2 is 1.82 bits per heavy atom. The molecule has 2 amide bonds. The fourth-order valence-corrected chi connectivity index (χ4v) is 1.75. The van der Waals surface area contributed by atoms with Crippen LogP contribution in [0, 0.1) is 5.92 Å². The van der Waals surface area contributed by atoms with E-state index in [0.717, 1.165) is 10.5 Å². The Morgan fingerprint density at radius 3 is 2.32 bits per heavy atom. The molecule has 0 aliphatic heterocycles. The van der Waals surface area contributed by atoms with Crippen molar-refractivity contribution in [2.45, 2.75) is 39.5 Å². The smallest absolute Gasteiger partial charge is 0.417 e. The molecule has 0 bridgehead atoms. The van der Waals surface area contributed by atoms with E-state index < -0.39 is 24.1 Å². The summed E-state index contributed by atoms with van der Waals surface area (Å²) in [5.41, 5.74) is 6.57. The van der Waals surface area contributed by atoms with Crippen molar-refractivity contribution in [1.82, 2.24) is 4.90 Å². The molecule has 0 heterocycles. The van der Waals surface area contributed by atoms with E-state index in [-0.39, 0.29) is 12.5 Å². The number of hydrogen-bond donors (Lipinski definition) is 1. The second kappa shape index (κ2) is 8.29. The molecule has 2 N–H and O–H groups in total. The van der Waals surface area contributed by atoms with Gasteiger partial charge in [0.15, 0.2) is 0 Å². The molecule has 0 aromatic heterocycles. The number of amides is 2. The van der Waals surface area contributed by atoms with E-state index in [0.29, 0.717) is 6.29 Å². The maximum absolute atomic E-state index is 12.3. The SMILES string of the molecule is CC(C)[C@H](N)C(=O)N(C(=O)OCc1ccccc1)[C@@H](C)C=O. The molecule has 120 valence electrons. The zero-order valence-electron chi connectivity index (χ0n) is 13.1. The molecule has 22 heavy (non-hydrogen) atoms. The molecule has 0 saturated carbocycles. The van der Waals surface area contributed by atoms with E-state index in [2.05, 4.69) is 0 Å². The summed E-state index contributed by atoms with van der Waals surface area (Å²) in [4.78, 5) is 36.2. The lowest BCUT2D eigenvalue weighted by Crippen LogP contribution is -2.53. The second-order valence-corrected chi connectivity index (χ2v) is 5.39. The highest BCUT2D eigenvalue weighted by molar-refractivity contribution is 5.97. The molecule has 0 fully saturated rings. The minimum Gasteiger partial charge on any atom is -0.444 e. The van der Waals surface area contributed by atoms with E-state index >= 15 is 0 Å². The Morgan fingerprint density at radius 1 is 1.23 bits per heavy atom. The Labute approximate surface area is 130 Å². The lowest BCUT2D eigenvalue weighted by atomic mass is 10.0. The number of nitrogens with zero attached hydrogens (tertiary/aromatic N) is 1. The minimum atomic E-state index is -0.930. The standard InChI is InChI=1S/C16H22N2O4/c1-11(2)14(17)15(20)18(12(3)9-19)16(21)22-10-13-7-5-4-6-8-13/h4-9,11-12,14H,10,17H2,1-3H3/t12-,14-/m0/s1. The van der Waals surface area contributed by atoms with Crippen LogP contribution in [0.5, 0.6) is 0 Å². The zero-order valence-corrected chi connectivity index (χ0v) is 13.1. The van der Waals surface area contributed by atoms with Crippen molar-refractivity contribution in [2.75, 3.05) is 0 Å². The van der Waals surface area contributed by atoms with Gasteiger partial charge in [-0.3, -0.25) is 4.79 Å². The first kappa shape index (κ1) is 17.8. The number of imide groups is 1. The van der Waals surface area contributed by atoms with Crippen LogP contribution >= 0.6 is 0 Å². The van der Waals surface area contributed by atoms with Gasteiger partial charge in [-0.05, 0) is 18.4 Å². The number of rotatable bonds is 6. The van der Waals surface area contributed by atoms with Crippen molar-refractivity contribution >= 4 is 18.3 Å². The van der Waals surface area contributed by atoms with Crippen LogP contribution in [-0.2, 0) is 20.9 Å². The van der Waals surface area contributed by atoms with Gasteiger partial charge in [0.1, 0.15) is 12.9 Å². The molecule has 0 radical (unpaired) electrons. The summed E-state index contributed by atoms with van der Waals surface area (Å²) < 4.78 is 5.12. The zero-order chi connectivity index (χ0) is 16.7. The molecular formula is C16H22N2O4. The molecule has 0 aliphatic rings. The number of carbonyl (C=O) groups is 3. The Kier molecular flexibility index (Phi) is 6.72. The van der Waals surface area contributed by atoms with E-state index in [1.807, 2.05) is 18.2 Å². The number of hydrogen-bond acceptors (Lipinski definition) is 5. The summed E-state index contributed by atoms with van der Waals surface area (Å²) in [5, 5.41) is 0. The number of aldehydes is 1. The van der Waals surface area contributed by atoms with Crippen LogP contribution in [0.3, 0.4) is 0 Å². The van der Waals surface area contributed by atoms with Crippen molar-refractivity contribution in [1.29, 1.82) is 0 Å². The van der Waals surface area contributed by atoms with Gasteiger partial charge in [-0.2, -0.15) is 0 Å². The summed E-state index contributed by atoms with van der Waals surface area (Å²) in [6.45, 7) is 5.00. The second-order valence-electron chi connectivity index (χ2n) is 5.39. The molecule has 1 aromatic carbocycles. The Hall–Kier alpha value is -2.21. The van der Waals surface area contributed by atoms with Crippen molar-refractivity contribution in [2.24, 2.45) is 11.7 Å². The Bertz CT molecular complexity index is 516. The predicted octanol–water partition coefficient (Wildman–Crippen LogP) is 1.72. The summed E-state index contributed by atoms with van der Waals surface area (Å²) in [5.74, 6) is -0.775. The van der Waals surface area contributed by atoms with Crippen LogP contribution in [0.4, 0.5) is 4.79 Å². The van der Waals surface area contributed by atoms with Crippen LogP contribution in [0.25, 0.3) is 0 Å². The first-order valence-corrected chi connectivity index (χ1v) is 7.13. The molecular weight excluding hydrogens is 284 g/mol. The molecule has 6 heteroatoms. The summed E-state index contributed by atoms with van der Waals surface area (Å²) in [6.07, 6.45) is -0.362. The highest BCUT2D eigenvalue weighted by Crippen LogP contribution is 2.10. The van der Waals surface area contributed by atoms with Gasteiger partial charge >= 0.3 is 6.09 Å². The summed E-state index contributed by atoms with van der Waals surface area (Å²) >= 11 is 0. The first-order valence-electron chi connectivity index (χ1n) is 7.13. The molecule has 6 nitrogen and oxygen atoms in total. The van der Waals surface area contributed by atoms with E-state index in [9.17, 15) is 14.4 Å². The normalized spacial score (nSPS) is 13.3. The number of benzene rings is 1. The van der Waals surface area contributed by atoms with Gasteiger partial charge in [0.05, 0.1) is 12.1 Å². The fraction of sp³-hybridized carbons (Fsp3) is 0.438. The monoisotopic (exact) mass is 306 g/mol. The molecule has 1 aromatic rings. The number of carbonyl (C=O) groups excluding carboxylic acids is 3. The fourth-order valence-electron chi connectivity index (χ4n) is 1.75. The summed E-state index contributed by atoms with van der Waals surface area (Å²) in [7, 11) is 0. The van der Waals surface area contributed by atoms with Crippen LogP contribution < -0.4 is 5.73 Å². The number of ether oxygens (including phenoxy) is 1. The third kappa shape index (κ3) is 4.66. The van der Waals surface area contributed by atoms with Gasteiger partial charge in [0.2, 0.25) is 5.91 Å². The Balaban J connectivity index is 2.81. The quantitative estimate of drug-likeness (QED) is 0.808. The maximum atomic E-state index is 12.3. The van der Waals surface area contributed by atoms with Gasteiger partial charge in [-0.1, -0.05) is 44.2 Å². The lowest BCUT2D eigenvalue weighted by molar-refractivity contribution is -0.136. The molecule has 0 aliphatic carbocycles. The third-order valence-electron chi connectivity index (χ3n) is 3.25. The van der Waals surface area contributed by atoms with Gasteiger partial charge in [0, 0.05) is 0 Å². The largest absolute Gasteiger partial charge is 0.444 e. The lowest BCUT2D eigenvalue weighted by Gasteiger charge is -2.27. The van der Waals surface area contributed by atoms with Gasteiger partial charge in [0.25, 0.3) is 0 Å². The van der Waals surface area contributed by atoms with E-state index in [4.69, 9.17) is 10.5 Å². The van der Waals surface area contributed by atoms with Crippen molar-refractivity contribution in [3.63, 3.8) is 0 Å². The number of nitrogens with two attached hydrogens (primary N) is 1. The predicted molar refractivity (Wildman–Crippen MR) is 81.8 cm³/mol. The van der Waals surface area contributed by atoms with Crippen molar-refractivity contribution in [3.05, 3.63) is 35.9 Å². The van der Waals surface area contributed by atoms with Crippen molar-refractivity contribution in [3.8, 4) is 0 Å². The maximum Gasteiger partial charge on any atom is 0.417 e. The van der Waals surface area contributed by atoms with E-state index in [1.165, 1.54) is 6.92 Å². The first-order chi connectivity index (χ1) is 10.4. The molecule has 0 spiro atoms. The van der Waals surface area contributed by atoms with Crippen LogP contribution in [0.15, 0.2) is 30.3 Å². The average Bonchev–Trinajstić information content (AvgIpc) is 2.52. The topological polar surface area (TPSA) is 89.7 Å². The average molecular weight is 306 g/mol. The van der Waals surface area contributed by atoms with Gasteiger partial charge in [-0.25, -0.2) is 9.69 Å². The van der Waals surface area contributed by atoms with Gasteiger partial charge < -0.3 is 15.3 Å². The molecule has 2 atom stereocenters. The van der Waals surface area contributed by atoms with Crippen molar-refractivity contribution < 1.29 is 19.1 Å². The summed E-state index contributed by atoms with van der Waals surface area (Å²) in [6, 6.07) is 7.26. The van der Waals surface area contributed by atoms with Crippen LogP contribution in [-0.4, -0.2) is 35.3 Å². The highest BCUT2D eigenvalue weighted by Gasteiger charge is 2.33. The minimum absolute atomic E-state index is 0.0198.